The molecule has 3 rings (SSSR count). The zero-order valence-corrected chi connectivity index (χ0v) is 12.2. The number of fused-ring (bicyclic) bond motifs is 1. The van der Waals surface area contributed by atoms with E-state index in [1.807, 2.05) is 38.2 Å². The second-order valence-electron chi connectivity index (χ2n) is 5.08. The third-order valence-electron chi connectivity index (χ3n) is 3.55. The first-order chi connectivity index (χ1) is 10.2. The van der Waals surface area contributed by atoms with Crippen LogP contribution in [0.5, 0.6) is 5.75 Å². The Balaban J connectivity index is 2.02. The van der Waals surface area contributed by atoms with E-state index in [9.17, 15) is 0 Å². The van der Waals surface area contributed by atoms with E-state index in [2.05, 4.69) is 22.2 Å². The van der Waals surface area contributed by atoms with Gasteiger partial charge in [-0.1, -0.05) is 36.4 Å². The zero-order valence-electron chi connectivity index (χ0n) is 12.2. The third-order valence-corrected chi connectivity index (χ3v) is 3.55. The summed E-state index contributed by atoms with van der Waals surface area (Å²) in [5, 5.41) is 6.25. The first kappa shape index (κ1) is 13.6. The summed E-state index contributed by atoms with van der Waals surface area (Å²) in [4.78, 5) is 4.18. The van der Waals surface area contributed by atoms with Crippen molar-refractivity contribution >= 4 is 10.8 Å². The van der Waals surface area contributed by atoms with Gasteiger partial charge in [0, 0.05) is 24.0 Å². The minimum Gasteiger partial charge on any atom is -0.485 e. The van der Waals surface area contributed by atoms with E-state index in [0.29, 0.717) is 6.61 Å². The summed E-state index contributed by atoms with van der Waals surface area (Å²) in [6.45, 7) is 2.32. The number of aryl methyl sites for hydroxylation is 1. The molecule has 5 nitrogen and oxygen atoms in total. The van der Waals surface area contributed by atoms with E-state index in [1.54, 1.807) is 4.68 Å². The van der Waals surface area contributed by atoms with Crippen LogP contribution in [-0.2, 0) is 13.7 Å². The van der Waals surface area contributed by atoms with Crippen molar-refractivity contribution in [2.24, 2.45) is 12.8 Å². The Kier molecular flexibility index (Phi) is 3.58. The Morgan fingerprint density at radius 3 is 2.76 bits per heavy atom. The summed E-state index contributed by atoms with van der Waals surface area (Å²) < 4.78 is 7.74. The summed E-state index contributed by atoms with van der Waals surface area (Å²) in [6.07, 6.45) is 1.52. The van der Waals surface area contributed by atoms with Crippen molar-refractivity contribution in [2.45, 2.75) is 19.6 Å². The Labute approximate surface area is 123 Å². The second-order valence-corrected chi connectivity index (χ2v) is 5.08. The number of nitrogens with zero attached hydrogens (tertiary/aromatic N) is 3. The summed E-state index contributed by atoms with van der Waals surface area (Å²) in [7, 11) is 1.85. The van der Waals surface area contributed by atoms with Crippen molar-refractivity contribution < 1.29 is 4.74 Å². The Bertz CT molecular complexity index is 764. The van der Waals surface area contributed by atoms with Gasteiger partial charge in [-0.05, 0) is 12.3 Å². The largest absolute Gasteiger partial charge is 0.485 e. The van der Waals surface area contributed by atoms with E-state index in [0.717, 1.165) is 27.9 Å². The topological polar surface area (TPSA) is 66.0 Å². The SMILES string of the molecule is CC(N)c1ccc2ccccc2c1OCc1ncnn1C. The van der Waals surface area contributed by atoms with Crippen LogP contribution in [0.4, 0.5) is 0 Å². The van der Waals surface area contributed by atoms with Crippen molar-refractivity contribution in [2.75, 3.05) is 0 Å². The molecule has 1 aromatic heterocycles. The quantitative estimate of drug-likeness (QED) is 0.798. The van der Waals surface area contributed by atoms with Gasteiger partial charge in [0.1, 0.15) is 18.7 Å². The molecule has 0 aliphatic rings. The zero-order chi connectivity index (χ0) is 14.8. The third kappa shape index (κ3) is 2.60. The number of hydrogen-bond acceptors (Lipinski definition) is 4. The van der Waals surface area contributed by atoms with Gasteiger partial charge in [0.25, 0.3) is 0 Å². The predicted molar refractivity (Wildman–Crippen MR) is 81.9 cm³/mol. The molecule has 0 fully saturated rings. The number of benzene rings is 2. The van der Waals surface area contributed by atoms with E-state index in [4.69, 9.17) is 10.5 Å². The van der Waals surface area contributed by atoms with Gasteiger partial charge in [0.05, 0.1) is 0 Å². The molecular formula is C16H18N4O. The summed E-state index contributed by atoms with van der Waals surface area (Å²) >= 11 is 0. The highest BCUT2D eigenvalue weighted by molar-refractivity contribution is 5.89. The van der Waals surface area contributed by atoms with E-state index in [-0.39, 0.29) is 6.04 Å². The lowest BCUT2D eigenvalue weighted by atomic mass is 10.0. The highest BCUT2D eigenvalue weighted by Gasteiger charge is 2.13. The first-order valence-electron chi connectivity index (χ1n) is 6.89. The van der Waals surface area contributed by atoms with Gasteiger partial charge in [0.15, 0.2) is 5.82 Å². The monoisotopic (exact) mass is 282 g/mol. The number of nitrogens with two attached hydrogens (primary N) is 1. The van der Waals surface area contributed by atoms with Gasteiger partial charge in [0.2, 0.25) is 0 Å². The van der Waals surface area contributed by atoms with Gasteiger partial charge in [-0.25, -0.2) is 4.98 Å². The fraction of sp³-hybridized carbons (Fsp3) is 0.250. The van der Waals surface area contributed by atoms with E-state index >= 15 is 0 Å². The molecule has 1 heterocycles. The number of aromatic nitrogens is 3. The van der Waals surface area contributed by atoms with Gasteiger partial charge in [-0.2, -0.15) is 5.10 Å². The molecule has 108 valence electrons. The second kappa shape index (κ2) is 5.54. The standard InChI is InChI=1S/C16H18N4O/c1-11(17)13-8-7-12-5-3-4-6-14(12)16(13)21-9-15-18-10-19-20(15)2/h3-8,10-11H,9,17H2,1-2H3. The van der Waals surface area contributed by atoms with Gasteiger partial charge in [-0.15, -0.1) is 0 Å². The van der Waals surface area contributed by atoms with Crippen molar-refractivity contribution in [3.05, 3.63) is 54.1 Å². The minimum absolute atomic E-state index is 0.0934. The van der Waals surface area contributed by atoms with Crippen molar-refractivity contribution in [1.29, 1.82) is 0 Å². The molecular weight excluding hydrogens is 264 g/mol. The highest BCUT2D eigenvalue weighted by atomic mass is 16.5. The molecule has 2 N–H and O–H groups in total. The van der Waals surface area contributed by atoms with Crippen LogP contribution in [0.15, 0.2) is 42.7 Å². The fourth-order valence-corrected chi connectivity index (χ4v) is 2.37. The van der Waals surface area contributed by atoms with Crippen LogP contribution < -0.4 is 10.5 Å². The molecule has 0 aliphatic carbocycles. The lowest BCUT2D eigenvalue weighted by Gasteiger charge is -2.16. The molecule has 0 saturated carbocycles. The molecule has 0 radical (unpaired) electrons. The average molecular weight is 282 g/mol. The molecule has 5 heteroatoms. The van der Waals surface area contributed by atoms with Crippen LogP contribution >= 0.6 is 0 Å². The van der Waals surface area contributed by atoms with Crippen LogP contribution in [0.2, 0.25) is 0 Å². The van der Waals surface area contributed by atoms with Gasteiger partial charge < -0.3 is 10.5 Å². The number of hydrogen-bond donors (Lipinski definition) is 1. The fourth-order valence-electron chi connectivity index (χ4n) is 2.37. The number of ether oxygens (including phenoxy) is 1. The molecule has 2 aromatic carbocycles. The van der Waals surface area contributed by atoms with Gasteiger partial charge >= 0.3 is 0 Å². The van der Waals surface area contributed by atoms with Crippen LogP contribution in [0.1, 0.15) is 24.4 Å². The molecule has 0 spiro atoms. The summed E-state index contributed by atoms with van der Waals surface area (Å²) in [5.41, 5.74) is 7.07. The van der Waals surface area contributed by atoms with Crippen LogP contribution in [0, 0.1) is 0 Å². The van der Waals surface area contributed by atoms with Crippen LogP contribution in [-0.4, -0.2) is 14.8 Å². The summed E-state index contributed by atoms with van der Waals surface area (Å²) in [6, 6.07) is 12.1. The maximum atomic E-state index is 6.07. The van der Waals surface area contributed by atoms with E-state index < -0.39 is 0 Å². The Hall–Kier alpha value is -2.40. The Morgan fingerprint density at radius 1 is 1.24 bits per heavy atom. The lowest BCUT2D eigenvalue weighted by molar-refractivity contribution is 0.289. The number of rotatable bonds is 4. The highest BCUT2D eigenvalue weighted by Crippen LogP contribution is 2.33. The normalized spacial score (nSPS) is 12.5. The van der Waals surface area contributed by atoms with Gasteiger partial charge in [-0.3, -0.25) is 4.68 Å². The van der Waals surface area contributed by atoms with Crippen LogP contribution in [0.25, 0.3) is 10.8 Å². The molecule has 1 unspecified atom stereocenters. The lowest BCUT2D eigenvalue weighted by Crippen LogP contribution is -2.10. The molecule has 0 bridgehead atoms. The van der Waals surface area contributed by atoms with Crippen LogP contribution in [0.3, 0.4) is 0 Å². The first-order valence-corrected chi connectivity index (χ1v) is 6.89. The minimum atomic E-state index is -0.0934. The maximum Gasteiger partial charge on any atom is 0.164 e. The molecule has 3 aromatic rings. The predicted octanol–water partition coefficient (Wildman–Crippen LogP) is 2.57. The average Bonchev–Trinajstić information content (AvgIpc) is 2.89. The molecule has 1 atom stereocenters. The van der Waals surface area contributed by atoms with Crippen molar-refractivity contribution in [3.63, 3.8) is 0 Å². The summed E-state index contributed by atoms with van der Waals surface area (Å²) in [5.74, 6) is 1.60. The van der Waals surface area contributed by atoms with E-state index in [1.165, 1.54) is 6.33 Å². The molecule has 0 aliphatic heterocycles. The van der Waals surface area contributed by atoms with Crippen molar-refractivity contribution in [1.82, 2.24) is 14.8 Å². The molecule has 0 saturated heterocycles. The molecule has 0 amide bonds. The maximum absolute atomic E-state index is 6.07. The Morgan fingerprint density at radius 2 is 2.05 bits per heavy atom. The molecule has 21 heavy (non-hydrogen) atoms. The smallest absolute Gasteiger partial charge is 0.164 e. The van der Waals surface area contributed by atoms with Crippen molar-refractivity contribution in [3.8, 4) is 5.75 Å².